The molecule has 4 N–H and O–H groups in total. The lowest BCUT2D eigenvalue weighted by molar-refractivity contribution is 0.119. The fraction of sp³-hybridized carbons (Fsp3) is 0.143. The first kappa shape index (κ1) is 10.0. The normalized spacial score (nSPS) is 10.4. The summed E-state index contributed by atoms with van der Waals surface area (Å²) in [5.74, 6) is 2.70. The van der Waals surface area contributed by atoms with Gasteiger partial charge in [-0.2, -0.15) is 0 Å². The van der Waals surface area contributed by atoms with Crippen molar-refractivity contribution in [2.24, 2.45) is 5.90 Å². The van der Waals surface area contributed by atoms with Crippen LogP contribution in [-0.2, 0) is 11.4 Å². The molecule has 1 aromatic carbocycles. The minimum Gasteiger partial charge on any atom is -0.504 e. The number of halogens is 2. The first-order valence-corrected chi connectivity index (χ1v) is 3.66. The molecule has 0 atom stereocenters. The molecule has 0 fully saturated rings. The lowest BCUT2D eigenvalue weighted by Crippen LogP contribution is -2.02. The summed E-state index contributed by atoms with van der Waals surface area (Å²) in [6, 6.07) is 0.895. The summed E-state index contributed by atoms with van der Waals surface area (Å²) in [5.41, 5.74) is -0.271. The van der Waals surface area contributed by atoms with Crippen LogP contribution >= 0.6 is 11.6 Å². The second-order valence-electron chi connectivity index (χ2n) is 2.33. The lowest BCUT2D eigenvalue weighted by Gasteiger charge is -2.07. The Labute approximate surface area is 78.3 Å². The number of hydrogen-bond donors (Lipinski definition) is 3. The van der Waals surface area contributed by atoms with Crippen LogP contribution in [0.2, 0.25) is 5.02 Å². The van der Waals surface area contributed by atoms with Gasteiger partial charge in [0, 0.05) is 6.07 Å². The molecule has 0 radical (unpaired) electrons. The highest BCUT2D eigenvalue weighted by atomic mass is 35.5. The van der Waals surface area contributed by atoms with Gasteiger partial charge in [0.25, 0.3) is 0 Å². The van der Waals surface area contributed by atoms with Crippen LogP contribution in [0.15, 0.2) is 6.07 Å². The lowest BCUT2D eigenvalue weighted by atomic mass is 10.2. The topological polar surface area (TPSA) is 75.7 Å². The fourth-order valence-corrected chi connectivity index (χ4v) is 1.09. The molecule has 0 unspecified atom stereocenters. The molecule has 0 spiro atoms. The number of aromatic hydroxyl groups is 2. The van der Waals surface area contributed by atoms with E-state index in [0.29, 0.717) is 0 Å². The van der Waals surface area contributed by atoms with E-state index in [1.165, 1.54) is 0 Å². The van der Waals surface area contributed by atoms with Crippen molar-refractivity contribution < 1.29 is 19.4 Å². The molecule has 6 heteroatoms. The van der Waals surface area contributed by atoms with E-state index in [4.69, 9.17) is 27.7 Å². The van der Waals surface area contributed by atoms with Crippen LogP contribution < -0.4 is 5.90 Å². The van der Waals surface area contributed by atoms with Crippen LogP contribution in [-0.4, -0.2) is 10.2 Å². The highest BCUT2D eigenvalue weighted by molar-refractivity contribution is 6.31. The van der Waals surface area contributed by atoms with Crippen molar-refractivity contribution in [3.8, 4) is 11.5 Å². The van der Waals surface area contributed by atoms with E-state index < -0.39 is 17.3 Å². The predicted octanol–water partition coefficient (Wildman–Crippen LogP) is 1.28. The van der Waals surface area contributed by atoms with E-state index >= 15 is 0 Å². The molecular weight excluding hydrogens is 201 g/mol. The fourth-order valence-electron chi connectivity index (χ4n) is 0.870. The zero-order chi connectivity index (χ0) is 10.0. The Kier molecular flexibility index (Phi) is 2.92. The molecule has 0 aromatic heterocycles. The molecule has 1 rings (SSSR count). The number of hydrogen-bond acceptors (Lipinski definition) is 4. The molecule has 0 aliphatic heterocycles. The summed E-state index contributed by atoms with van der Waals surface area (Å²) >= 11 is 5.38. The van der Waals surface area contributed by atoms with Crippen LogP contribution in [0.1, 0.15) is 5.56 Å². The second-order valence-corrected chi connectivity index (χ2v) is 2.74. The van der Waals surface area contributed by atoms with E-state index in [9.17, 15) is 4.39 Å². The number of nitrogens with two attached hydrogens (primary N) is 1. The number of benzene rings is 1. The summed E-state index contributed by atoms with van der Waals surface area (Å²) in [6.45, 7) is -0.369. The Morgan fingerprint density at radius 1 is 1.54 bits per heavy atom. The maximum absolute atomic E-state index is 13.1. The van der Waals surface area contributed by atoms with Gasteiger partial charge in [-0.3, -0.25) is 4.84 Å². The summed E-state index contributed by atoms with van der Waals surface area (Å²) < 4.78 is 13.1. The number of phenols is 2. The Bertz CT molecular complexity index is 306. The quantitative estimate of drug-likeness (QED) is 0.505. The molecule has 0 saturated carbocycles. The third-order valence-electron chi connectivity index (χ3n) is 1.49. The molecule has 0 saturated heterocycles. The van der Waals surface area contributed by atoms with Gasteiger partial charge in [-0.05, 0) is 0 Å². The summed E-state index contributed by atoms with van der Waals surface area (Å²) in [4.78, 5) is 4.13. The van der Waals surface area contributed by atoms with Crippen LogP contribution in [0.5, 0.6) is 11.5 Å². The Morgan fingerprint density at radius 3 is 2.69 bits per heavy atom. The maximum atomic E-state index is 13.1. The maximum Gasteiger partial charge on any atom is 0.166 e. The van der Waals surface area contributed by atoms with Gasteiger partial charge in [0.2, 0.25) is 0 Å². The molecular formula is C7H7ClFNO3. The van der Waals surface area contributed by atoms with Gasteiger partial charge in [-0.1, -0.05) is 11.6 Å². The minimum atomic E-state index is -0.859. The van der Waals surface area contributed by atoms with Gasteiger partial charge < -0.3 is 10.2 Å². The van der Waals surface area contributed by atoms with Crippen molar-refractivity contribution in [1.29, 1.82) is 0 Å². The van der Waals surface area contributed by atoms with Crippen molar-refractivity contribution >= 4 is 11.6 Å². The van der Waals surface area contributed by atoms with E-state index in [-0.39, 0.29) is 17.2 Å². The first-order chi connectivity index (χ1) is 6.07. The van der Waals surface area contributed by atoms with Crippen LogP contribution in [0.4, 0.5) is 4.39 Å². The Balaban J connectivity index is 3.28. The van der Waals surface area contributed by atoms with Gasteiger partial charge >= 0.3 is 0 Å². The average Bonchev–Trinajstić information content (AvgIpc) is 2.09. The molecule has 0 heterocycles. The number of phenolic OH excluding ortho intramolecular Hbond substituents is 2. The zero-order valence-corrected chi connectivity index (χ0v) is 7.18. The van der Waals surface area contributed by atoms with Crippen LogP contribution in [0, 0.1) is 5.82 Å². The predicted molar refractivity (Wildman–Crippen MR) is 43.7 cm³/mol. The van der Waals surface area contributed by atoms with E-state index in [1.54, 1.807) is 0 Å². The van der Waals surface area contributed by atoms with Crippen molar-refractivity contribution in [3.05, 3.63) is 22.5 Å². The van der Waals surface area contributed by atoms with Crippen LogP contribution in [0.3, 0.4) is 0 Å². The van der Waals surface area contributed by atoms with Crippen molar-refractivity contribution in [3.63, 3.8) is 0 Å². The molecule has 13 heavy (non-hydrogen) atoms. The van der Waals surface area contributed by atoms with Gasteiger partial charge in [-0.15, -0.1) is 0 Å². The summed E-state index contributed by atoms with van der Waals surface area (Å²) in [6.07, 6.45) is 0. The van der Waals surface area contributed by atoms with E-state index in [1.807, 2.05) is 0 Å². The largest absolute Gasteiger partial charge is 0.504 e. The SMILES string of the molecule is NOCc1c(O)c(O)cc(Cl)c1F. The molecule has 0 aliphatic rings. The van der Waals surface area contributed by atoms with Gasteiger partial charge in [0.05, 0.1) is 17.2 Å². The summed E-state index contributed by atoms with van der Waals surface area (Å²) in [5, 5.41) is 17.9. The molecule has 1 aromatic rings. The third-order valence-corrected chi connectivity index (χ3v) is 1.77. The first-order valence-electron chi connectivity index (χ1n) is 3.28. The van der Waals surface area contributed by atoms with Gasteiger partial charge in [0.1, 0.15) is 0 Å². The van der Waals surface area contributed by atoms with Crippen LogP contribution in [0.25, 0.3) is 0 Å². The Hall–Kier alpha value is -1.04. The summed E-state index contributed by atoms with van der Waals surface area (Å²) in [7, 11) is 0. The van der Waals surface area contributed by atoms with E-state index in [2.05, 4.69) is 4.84 Å². The standard InChI is InChI=1S/C7H7ClFNO3/c8-4-1-5(11)7(12)3(2-13-10)6(4)9/h1,11-12H,2,10H2. The third kappa shape index (κ3) is 1.82. The van der Waals surface area contributed by atoms with Crippen molar-refractivity contribution in [1.82, 2.24) is 0 Å². The molecule has 0 bridgehead atoms. The van der Waals surface area contributed by atoms with Gasteiger partial charge in [0.15, 0.2) is 17.3 Å². The average molecular weight is 208 g/mol. The molecule has 0 amide bonds. The Morgan fingerprint density at radius 2 is 2.15 bits per heavy atom. The molecule has 72 valence electrons. The highest BCUT2D eigenvalue weighted by Gasteiger charge is 2.16. The van der Waals surface area contributed by atoms with Crippen molar-refractivity contribution in [2.45, 2.75) is 6.61 Å². The smallest absolute Gasteiger partial charge is 0.166 e. The van der Waals surface area contributed by atoms with E-state index in [0.717, 1.165) is 6.07 Å². The molecule has 0 aliphatic carbocycles. The second kappa shape index (κ2) is 3.78. The highest BCUT2D eigenvalue weighted by Crippen LogP contribution is 2.35. The molecule has 4 nitrogen and oxygen atoms in total. The van der Waals surface area contributed by atoms with Gasteiger partial charge in [-0.25, -0.2) is 10.3 Å². The van der Waals surface area contributed by atoms with Crippen molar-refractivity contribution in [2.75, 3.05) is 0 Å². The minimum absolute atomic E-state index is 0.271. The number of rotatable bonds is 2. The zero-order valence-electron chi connectivity index (χ0n) is 6.42. The monoisotopic (exact) mass is 207 g/mol.